The number of methoxy groups -OCH3 is 1. The molecule has 0 heterocycles. The lowest BCUT2D eigenvalue weighted by Crippen LogP contribution is -2.17. The maximum absolute atomic E-state index is 12.3. The minimum absolute atomic E-state index is 0.0209. The summed E-state index contributed by atoms with van der Waals surface area (Å²) < 4.78 is 34.8. The summed E-state index contributed by atoms with van der Waals surface area (Å²) in [5.74, 6) is 0.380. The molecule has 0 radical (unpaired) electrons. The van der Waals surface area contributed by atoms with Crippen molar-refractivity contribution in [3.05, 3.63) is 90.0 Å². The molecule has 3 aromatic rings. The van der Waals surface area contributed by atoms with E-state index in [1.54, 1.807) is 48.5 Å². The number of rotatable bonds is 7. The number of ether oxygens (including phenoxy) is 1. The zero-order valence-electron chi connectivity index (χ0n) is 15.5. The Kier molecular flexibility index (Phi) is 6.25. The molecule has 3 rings (SSSR count). The number of carbonyl (C=O) groups is 1. The second-order valence-electron chi connectivity index (χ2n) is 5.85. The summed E-state index contributed by atoms with van der Waals surface area (Å²) in [6, 6.07) is 20.8. The van der Waals surface area contributed by atoms with Crippen LogP contribution in [0.5, 0.6) is 11.5 Å². The van der Waals surface area contributed by atoms with Crippen LogP contribution < -0.4 is 14.3 Å². The van der Waals surface area contributed by atoms with Gasteiger partial charge in [0.15, 0.2) is 0 Å². The van der Waals surface area contributed by atoms with Crippen molar-refractivity contribution in [2.75, 3.05) is 7.11 Å². The van der Waals surface area contributed by atoms with Crippen molar-refractivity contribution >= 4 is 22.2 Å². The Morgan fingerprint density at radius 1 is 0.897 bits per heavy atom. The zero-order valence-corrected chi connectivity index (χ0v) is 16.3. The molecule has 7 nitrogen and oxygen atoms in total. The molecule has 1 amide bonds. The van der Waals surface area contributed by atoms with Crippen LogP contribution in [0, 0.1) is 0 Å². The van der Waals surface area contributed by atoms with E-state index in [2.05, 4.69) is 10.5 Å². The van der Waals surface area contributed by atoms with Crippen molar-refractivity contribution in [1.29, 1.82) is 0 Å². The third-order valence-corrected chi connectivity index (χ3v) is 5.11. The van der Waals surface area contributed by atoms with Crippen molar-refractivity contribution in [1.82, 2.24) is 5.43 Å². The van der Waals surface area contributed by atoms with Crippen LogP contribution in [0.1, 0.15) is 15.9 Å². The number of nitrogens with one attached hydrogen (secondary N) is 1. The first-order chi connectivity index (χ1) is 14.0. The van der Waals surface area contributed by atoms with Gasteiger partial charge < -0.3 is 8.92 Å². The molecule has 0 aliphatic carbocycles. The number of carbonyl (C=O) groups excluding carboxylic acids is 1. The Bertz CT molecular complexity index is 1090. The Balaban J connectivity index is 1.61. The highest BCUT2D eigenvalue weighted by molar-refractivity contribution is 7.87. The average Bonchev–Trinajstić information content (AvgIpc) is 2.75. The molecule has 0 atom stereocenters. The van der Waals surface area contributed by atoms with Crippen molar-refractivity contribution in [3.63, 3.8) is 0 Å². The van der Waals surface area contributed by atoms with Crippen LogP contribution >= 0.6 is 0 Å². The predicted molar refractivity (Wildman–Crippen MR) is 109 cm³/mol. The highest BCUT2D eigenvalue weighted by Gasteiger charge is 2.16. The molecule has 0 fully saturated rings. The maximum atomic E-state index is 12.3. The Morgan fingerprint density at radius 3 is 2.14 bits per heavy atom. The molecule has 0 bridgehead atoms. The molecular weight excluding hydrogens is 392 g/mol. The fourth-order valence-corrected chi connectivity index (χ4v) is 3.28. The molecule has 0 aliphatic rings. The van der Waals surface area contributed by atoms with Gasteiger partial charge in [-0.05, 0) is 66.2 Å². The Hall–Kier alpha value is -3.65. The predicted octanol–water partition coefficient (Wildman–Crippen LogP) is 3.23. The van der Waals surface area contributed by atoms with Crippen LogP contribution in [-0.4, -0.2) is 27.6 Å². The largest absolute Gasteiger partial charge is 0.497 e. The number of hydrazone groups is 1. The van der Waals surface area contributed by atoms with Gasteiger partial charge in [0.25, 0.3) is 5.91 Å². The van der Waals surface area contributed by atoms with E-state index in [4.69, 9.17) is 8.92 Å². The minimum atomic E-state index is -3.96. The lowest BCUT2D eigenvalue weighted by molar-refractivity contribution is 0.0955. The van der Waals surface area contributed by atoms with Gasteiger partial charge in [-0.15, -0.1) is 0 Å². The van der Waals surface area contributed by atoms with E-state index in [-0.39, 0.29) is 16.6 Å². The van der Waals surface area contributed by atoms with Gasteiger partial charge >= 0.3 is 10.1 Å². The number of nitrogens with zero attached hydrogens (tertiary/aromatic N) is 1. The number of hydrogen-bond acceptors (Lipinski definition) is 6. The lowest BCUT2D eigenvalue weighted by Gasteiger charge is -2.08. The van der Waals surface area contributed by atoms with Crippen LogP contribution in [0.4, 0.5) is 0 Å². The van der Waals surface area contributed by atoms with E-state index in [0.717, 1.165) is 0 Å². The first-order valence-corrected chi connectivity index (χ1v) is 9.96. The third kappa shape index (κ3) is 5.43. The van der Waals surface area contributed by atoms with Crippen molar-refractivity contribution in [2.24, 2.45) is 5.10 Å². The normalized spacial score (nSPS) is 11.2. The summed E-state index contributed by atoms with van der Waals surface area (Å²) in [6.45, 7) is 0. The van der Waals surface area contributed by atoms with Crippen molar-refractivity contribution in [3.8, 4) is 11.5 Å². The summed E-state index contributed by atoms with van der Waals surface area (Å²) in [4.78, 5) is 11.9. The molecule has 148 valence electrons. The van der Waals surface area contributed by atoms with Crippen LogP contribution in [0.2, 0.25) is 0 Å². The second kappa shape index (κ2) is 9.03. The molecule has 1 N–H and O–H groups in total. The average molecular weight is 410 g/mol. The SMILES string of the molecule is COc1ccc(S(=O)(=O)Oc2ccc(/C=N\NC(=O)c3ccccc3)cc2)cc1. The zero-order chi connectivity index (χ0) is 20.7. The molecule has 29 heavy (non-hydrogen) atoms. The Morgan fingerprint density at radius 2 is 1.52 bits per heavy atom. The number of hydrogen-bond donors (Lipinski definition) is 1. The van der Waals surface area contributed by atoms with Crippen molar-refractivity contribution in [2.45, 2.75) is 4.90 Å². The molecule has 3 aromatic carbocycles. The van der Waals surface area contributed by atoms with Gasteiger partial charge in [-0.2, -0.15) is 13.5 Å². The van der Waals surface area contributed by atoms with Crippen molar-refractivity contribution < 1.29 is 22.1 Å². The standard InChI is InChI=1S/C21H18N2O5S/c1-27-18-11-13-20(14-12-18)29(25,26)28-19-9-7-16(8-10-19)15-22-23-21(24)17-5-3-2-4-6-17/h2-15H,1H3,(H,23,24)/b22-15-. The van der Waals surface area contributed by atoms with Gasteiger partial charge in [0, 0.05) is 5.56 Å². The molecule has 0 saturated carbocycles. The quantitative estimate of drug-likeness (QED) is 0.367. The van der Waals surface area contributed by atoms with Crippen LogP contribution in [0.15, 0.2) is 88.9 Å². The molecule has 0 saturated heterocycles. The summed E-state index contributed by atoms with van der Waals surface area (Å²) in [7, 11) is -2.46. The minimum Gasteiger partial charge on any atom is -0.497 e. The molecule has 0 aromatic heterocycles. The number of benzene rings is 3. The van der Waals surface area contributed by atoms with Crippen LogP contribution in [0.3, 0.4) is 0 Å². The smallest absolute Gasteiger partial charge is 0.339 e. The van der Waals surface area contributed by atoms with E-state index < -0.39 is 10.1 Å². The maximum Gasteiger partial charge on any atom is 0.339 e. The molecular formula is C21H18N2O5S. The van der Waals surface area contributed by atoms with Gasteiger partial charge in [-0.3, -0.25) is 4.79 Å². The second-order valence-corrected chi connectivity index (χ2v) is 7.39. The van der Waals surface area contributed by atoms with E-state index in [1.165, 1.54) is 37.6 Å². The highest BCUT2D eigenvalue weighted by Crippen LogP contribution is 2.21. The van der Waals surface area contributed by atoms with E-state index in [9.17, 15) is 13.2 Å². The van der Waals surface area contributed by atoms with Crippen LogP contribution in [-0.2, 0) is 10.1 Å². The van der Waals surface area contributed by atoms with Gasteiger partial charge in [-0.25, -0.2) is 5.43 Å². The Labute approximate surface area is 168 Å². The van der Waals surface area contributed by atoms with Gasteiger partial charge in [0.2, 0.25) is 0 Å². The van der Waals surface area contributed by atoms with Gasteiger partial charge in [0.1, 0.15) is 16.4 Å². The van der Waals surface area contributed by atoms with E-state index in [0.29, 0.717) is 16.9 Å². The van der Waals surface area contributed by atoms with Gasteiger partial charge in [-0.1, -0.05) is 18.2 Å². The molecule has 0 unspecified atom stereocenters. The number of amides is 1. The first kappa shape index (κ1) is 20.1. The van der Waals surface area contributed by atoms with Gasteiger partial charge in [0.05, 0.1) is 13.3 Å². The summed E-state index contributed by atoms with van der Waals surface area (Å²) in [5.41, 5.74) is 3.58. The topological polar surface area (TPSA) is 94.1 Å². The fourth-order valence-electron chi connectivity index (χ4n) is 2.35. The van der Waals surface area contributed by atoms with E-state index in [1.807, 2.05) is 6.07 Å². The molecule has 0 spiro atoms. The van der Waals surface area contributed by atoms with E-state index >= 15 is 0 Å². The third-order valence-electron chi connectivity index (χ3n) is 3.85. The van der Waals surface area contributed by atoms with Crippen LogP contribution in [0.25, 0.3) is 0 Å². The lowest BCUT2D eigenvalue weighted by atomic mass is 10.2. The summed E-state index contributed by atoms with van der Waals surface area (Å²) in [5, 5.41) is 3.89. The monoisotopic (exact) mass is 410 g/mol. The summed E-state index contributed by atoms with van der Waals surface area (Å²) in [6.07, 6.45) is 1.45. The highest BCUT2D eigenvalue weighted by atomic mass is 32.2. The molecule has 8 heteroatoms. The summed E-state index contributed by atoms with van der Waals surface area (Å²) >= 11 is 0. The fraction of sp³-hybridized carbons (Fsp3) is 0.0476. The first-order valence-electron chi connectivity index (χ1n) is 8.55. The molecule has 0 aliphatic heterocycles.